The van der Waals surface area contributed by atoms with Gasteiger partial charge in [0.25, 0.3) is 5.91 Å². The number of imidazole rings is 1. The smallest absolute Gasteiger partial charge is 0.251 e. The van der Waals surface area contributed by atoms with Gasteiger partial charge in [0.2, 0.25) is 5.95 Å². The summed E-state index contributed by atoms with van der Waals surface area (Å²) in [7, 11) is 5.25. The molecule has 1 atom stereocenters. The normalized spacial score (nSPS) is 20.3. The van der Waals surface area contributed by atoms with Crippen molar-refractivity contribution in [2.45, 2.75) is 18.9 Å². The molecule has 2 fully saturated rings. The number of piperazine rings is 1. The molecule has 146 valence electrons. The van der Waals surface area contributed by atoms with Gasteiger partial charge in [-0.15, -0.1) is 0 Å². The highest BCUT2D eigenvalue weighted by Gasteiger charge is 2.31. The monoisotopic (exact) mass is 374 g/mol. The summed E-state index contributed by atoms with van der Waals surface area (Å²) in [6, 6.07) is 3.84. The molecule has 0 radical (unpaired) electrons. The van der Waals surface area contributed by atoms with Crippen LogP contribution in [-0.4, -0.2) is 73.5 Å². The molecule has 0 bridgehead atoms. The molecule has 3 heterocycles. The summed E-state index contributed by atoms with van der Waals surface area (Å²) in [6.45, 7) is 3.58. The molecule has 2 aromatic rings. The van der Waals surface area contributed by atoms with Gasteiger partial charge in [0, 0.05) is 52.0 Å². The van der Waals surface area contributed by atoms with Crippen LogP contribution in [0.2, 0.25) is 0 Å². The van der Waals surface area contributed by atoms with E-state index in [-0.39, 0.29) is 12.0 Å². The van der Waals surface area contributed by atoms with Crippen molar-refractivity contribution < 1.29 is 19.0 Å². The second-order valence-electron chi connectivity index (χ2n) is 6.98. The number of methoxy groups -OCH3 is 2. The van der Waals surface area contributed by atoms with Crippen LogP contribution in [0.4, 0.5) is 5.95 Å². The van der Waals surface area contributed by atoms with E-state index in [0.717, 1.165) is 42.9 Å². The van der Waals surface area contributed by atoms with Crippen molar-refractivity contribution in [2.24, 2.45) is 7.05 Å². The Morgan fingerprint density at radius 3 is 2.48 bits per heavy atom. The molecule has 8 nitrogen and oxygen atoms in total. The summed E-state index contributed by atoms with van der Waals surface area (Å²) >= 11 is 0. The molecule has 0 N–H and O–H groups in total. The lowest BCUT2D eigenvalue weighted by Gasteiger charge is -2.36. The maximum atomic E-state index is 12.5. The summed E-state index contributed by atoms with van der Waals surface area (Å²) in [5.74, 6) is 2.38. The molecule has 0 spiro atoms. The van der Waals surface area contributed by atoms with E-state index in [0.29, 0.717) is 31.2 Å². The van der Waals surface area contributed by atoms with Crippen molar-refractivity contribution in [1.29, 1.82) is 0 Å². The highest BCUT2D eigenvalue weighted by atomic mass is 16.5. The topological polar surface area (TPSA) is 69.1 Å². The minimum atomic E-state index is -0.243. The molecule has 1 amide bonds. The molecular formula is C19H26N4O4. The SMILES string of the molecule is COc1cc2nc(N3CCN(C(=O)C4CCCO4)CC3)n(C)c2cc1OC. The van der Waals surface area contributed by atoms with Crippen molar-refractivity contribution in [1.82, 2.24) is 14.5 Å². The minimum absolute atomic E-state index is 0.131. The lowest BCUT2D eigenvalue weighted by Crippen LogP contribution is -2.52. The summed E-state index contributed by atoms with van der Waals surface area (Å²) in [5, 5.41) is 0. The van der Waals surface area contributed by atoms with Crippen LogP contribution >= 0.6 is 0 Å². The first-order chi connectivity index (χ1) is 13.1. The summed E-state index contributed by atoms with van der Waals surface area (Å²) < 4.78 is 18.4. The Labute approximate surface area is 158 Å². The molecule has 1 unspecified atom stereocenters. The number of hydrogen-bond acceptors (Lipinski definition) is 6. The van der Waals surface area contributed by atoms with Crippen LogP contribution < -0.4 is 14.4 Å². The Bertz CT molecular complexity index is 836. The third kappa shape index (κ3) is 3.18. The van der Waals surface area contributed by atoms with Gasteiger partial charge in [-0.3, -0.25) is 4.79 Å². The molecule has 0 saturated carbocycles. The third-order valence-corrected chi connectivity index (χ3v) is 5.44. The number of ether oxygens (including phenoxy) is 3. The van der Waals surface area contributed by atoms with Crippen molar-refractivity contribution in [3.8, 4) is 11.5 Å². The largest absolute Gasteiger partial charge is 0.493 e. The first kappa shape index (κ1) is 17.9. The van der Waals surface area contributed by atoms with Gasteiger partial charge in [0.05, 0.1) is 25.3 Å². The van der Waals surface area contributed by atoms with E-state index < -0.39 is 0 Å². The number of fused-ring (bicyclic) bond motifs is 1. The highest BCUT2D eigenvalue weighted by molar-refractivity contribution is 5.83. The Hall–Kier alpha value is -2.48. The van der Waals surface area contributed by atoms with Gasteiger partial charge in [0.1, 0.15) is 6.10 Å². The molecule has 4 rings (SSSR count). The zero-order valence-corrected chi connectivity index (χ0v) is 16.1. The molecule has 0 aliphatic carbocycles. The number of amides is 1. The van der Waals surface area contributed by atoms with Crippen LogP contribution in [-0.2, 0) is 16.6 Å². The zero-order valence-electron chi connectivity index (χ0n) is 16.1. The molecule has 2 aliphatic heterocycles. The first-order valence-corrected chi connectivity index (χ1v) is 9.36. The van der Waals surface area contributed by atoms with Gasteiger partial charge in [-0.1, -0.05) is 0 Å². The van der Waals surface area contributed by atoms with E-state index >= 15 is 0 Å². The quantitative estimate of drug-likeness (QED) is 0.806. The van der Waals surface area contributed by atoms with E-state index in [1.807, 2.05) is 24.1 Å². The lowest BCUT2D eigenvalue weighted by atomic mass is 10.2. The van der Waals surface area contributed by atoms with Gasteiger partial charge >= 0.3 is 0 Å². The van der Waals surface area contributed by atoms with Crippen molar-refractivity contribution in [3.05, 3.63) is 12.1 Å². The molecule has 2 saturated heterocycles. The second kappa shape index (κ2) is 7.26. The van der Waals surface area contributed by atoms with Gasteiger partial charge < -0.3 is 28.6 Å². The molecule has 2 aliphatic rings. The van der Waals surface area contributed by atoms with E-state index in [9.17, 15) is 4.79 Å². The Morgan fingerprint density at radius 2 is 1.85 bits per heavy atom. The maximum Gasteiger partial charge on any atom is 0.251 e. The number of anilines is 1. The number of rotatable bonds is 4. The van der Waals surface area contributed by atoms with Crippen molar-refractivity contribution in [3.63, 3.8) is 0 Å². The standard InChI is InChI=1S/C19H26N4O4/c1-21-14-12-17(26-3)16(25-2)11-13(14)20-19(21)23-8-6-22(7-9-23)18(24)15-5-4-10-27-15/h11-12,15H,4-10H2,1-3H3. The van der Waals surface area contributed by atoms with Gasteiger partial charge in [-0.2, -0.15) is 0 Å². The summed E-state index contributed by atoms with van der Waals surface area (Å²) in [5.41, 5.74) is 1.85. The Morgan fingerprint density at radius 1 is 1.15 bits per heavy atom. The predicted octanol–water partition coefficient (Wildman–Crippen LogP) is 1.42. The fraction of sp³-hybridized carbons (Fsp3) is 0.579. The van der Waals surface area contributed by atoms with Gasteiger partial charge in [0.15, 0.2) is 11.5 Å². The number of nitrogens with zero attached hydrogens (tertiary/aromatic N) is 4. The average Bonchev–Trinajstić information content (AvgIpc) is 3.35. The molecule has 1 aromatic carbocycles. The van der Waals surface area contributed by atoms with E-state index in [2.05, 4.69) is 9.47 Å². The number of aryl methyl sites for hydroxylation is 1. The minimum Gasteiger partial charge on any atom is -0.493 e. The van der Waals surface area contributed by atoms with Crippen LogP contribution in [0.3, 0.4) is 0 Å². The van der Waals surface area contributed by atoms with Crippen LogP contribution in [0, 0.1) is 0 Å². The number of aromatic nitrogens is 2. The zero-order chi connectivity index (χ0) is 19.0. The van der Waals surface area contributed by atoms with Crippen molar-refractivity contribution >= 4 is 22.9 Å². The molecular weight excluding hydrogens is 348 g/mol. The predicted molar refractivity (Wildman–Crippen MR) is 102 cm³/mol. The highest BCUT2D eigenvalue weighted by Crippen LogP contribution is 2.33. The molecule has 27 heavy (non-hydrogen) atoms. The Kier molecular flexibility index (Phi) is 4.82. The number of hydrogen-bond donors (Lipinski definition) is 0. The molecule has 8 heteroatoms. The summed E-state index contributed by atoms with van der Waals surface area (Å²) in [6.07, 6.45) is 1.57. The lowest BCUT2D eigenvalue weighted by molar-refractivity contribution is -0.141. The fourth-order valence-electron chi connectivity index (χ4n) is 3.89. The van der Waals surface area contributed by atoms with Crippen molar-refractivity contribution in [2.75, 3.05) is 51.9 Å². The van der Waals surface area contributed by atoms with E-state index in [1.165, 1.54) is 0 Å². The number of benzene rings is 1. The maximum absolute atomic E-state index is 12.5. The number of carbonyl (C=O) groups excluding carboxylic acids is 1. The number of carbonyl (C=O) groups is 1. The van der Waals surface area contributed by atoms with Gasteiger partial charge in [-0.05, 0) is 12.8 Å². The second-order valence-corrected chi connectivity index (χ2v) is 6.98. The average molecular weight is 374 g/mol. The van der Waals surface area contributed by atoms with Crippen LogP contribution in [0.15, 0.2) is 12.1 Å². The Balaban J connectivity index is 1.51. The van der Waals surface area contributed by atoms with E-state index in [4.69, 9.17) is 19.2 Å². The first-order valence-electron chi connectivity index (χ1n) is 9.36. The van der Waals surface area contributed by atoms with Gasteiger partial charge in [-0.25, -0.2) is 4.98 Å². The molecule has 1 aromatic heterocycles. The van der Waals surface area contributed by atoms with Crippen LogP contribution in [0.1, 0.15) is 12.8 Å². The van der Waals surface area contributed by atoms with Crippen LogP contribution in [0.5, 0.6) is 11.5 Å². The van der Waals surface area contributed by atoms with Crippen LogP contribution in [0.25, 0.3) is 11.0 Å². The van der Waals surface area contributed by atoms with E-state index in [1.54, 1.807) is 14.2 Å². The third-order valence-electron chi connectivity index (χ3n) is 5.44. The fourth-order valence-corrected chi connectivity index (χ4v) is 3.89. The summed E-state index contributed by atoms with van der Waals surface area (Å²) in [4.78, 5) is 21.5.